The van der Waals surface area contributed by atoms with Gasteiger partial charge in [-0.3, -0.25) is 4.79 Å². The summed E-state index contributed by atoms with van der Waals surface area (Å²) in [4.78, 5) is 11.0. The lowest BCUT2D eigenvalue weighted by atomic mass is 10.2. The molecule has 1 aromatic rings. The van der Waals surface area contributed by atoms with E-state index in [0.717, 1.165) is 4.47 Å². The van der Waals surface area contributed by atoms with Gasteiger partial charge in [-0.05, 0) is 24.6 Å². The molecular formula is C11H11BrN2O2. The quantitative estimate of drug-likeness (QED) is 0.917. The molecule has 0 bridgehead atoms. The smallest absolute Gasteiger partial charge is 0.258 e. The van der Waals surface area contributed by atoms with Gasteiger partial charge < -0.3 is 10.5 Å². The van der Waals surface area contributed by atoms with E-state index in [1.165, 1.54) is 0 Å². The number of benzene rings is 1. The van der Waals surface area contributed by atoms with E-state index in [1.54, 1.807) is 25.1 Å². The minimum Gasteiger partial charge on any atom is -0.479 e. The van der Waals surface area contributed by atoms with E-state index in [1.807, 2.05) is 6.07 Å². The van der Waals surface area contributed by atoms with Gasteiger partial charge >= 0.3 is 0 Å². The van der Waals surface area contributed by atoms with Gasteiger partial charge in [0.2, 0.25) is 0 Å². The van der Waals surface area contributed by atoms with Crippen LogP contribution in [0.5, 0.6) is 5.75 Å². The first-order valence-electron chi connectivity index (χ1n) is 4.74. The molecule has 0 fully saturated rings. The van der Waals surface area contributed by atoms with Crippen molar-refractivity contribution in [3.8, 4) is 11.8 Å². The first-order valence-corrected chi connectivity index (χ1v) is 5.53. The minimum atomic E-state index is -0.701. The summed E-state index contributed by atoms with van der Waals surface area (Å²) in [5.74, 6) is -0.161. The maximum absolute atomic E-state index is 11.0. The highest BCUT2D eigenvalue weighted by Gasteiger charge is 2.16. The van der Waals surface area contributed by atoms with Gasteiger partial charge in [0.1, 0.15) is 11.8 Å². The molecule has 84 valence electrons. The molecule has 0 aliphatic carbocycles. The fraction of sp³-hybridized carbons (Fsp3) is 0.273. The number of ether oxygens (including phenoxy) is 1. The van der Waals surface area contributed by atoms with Crippen LogP contribution >= 0.6 is 15.9 Å². The zero-order valence-corrected chi connectivity index (χ0v) is 10.3. The predicted molar refractivity (Wildman–Crippen MR) is 62.8 cm³/mol. The lowest BCUT2D eigenvalue weighted by Gasteiger charge is -2.14. The molecular weight excluding hydrogens is 272 g/mol. The molecule has 0 aliphatic rings. The molecule has 0 radical (unpaired) electrons. The number of rotatable bonds is 4. The Hall–Kier alpha value is -1.54. The van der Waals surface area contributed by atoms with Gasteiger partial charge in [0.05, 0.1) is 5.56 Å². The minimum absolute atomic E-state index is 0.370. The Kier molecular flexibility index (Phi) is 4.32. The summed E-state index contributed by atoms with van der Waals surface area (Å²) >= 11 is 3.25. The maximum atomic E-state index is 11.0. The molecule has 1 amide bonds. The van der Waals surface area contributed by atoms with Gasteiger partial charge in [0.25, 0.3) is 5.91 Å². The molecule has 1 atom stereocenters. The molecule has 5 heteroatoms. The summed E-state index contributed by atoms with van der Waals surface area (Å²) in [6.45, 7) is 1.79. The fourth-order valence-corrected chi connectivity index (χ4v) is 1.55. The Morgan fingerprint density at radius 1 is 1.69 bits per heavy atom. The van der Waals surface area contributed by atoms with E-state index in [-0.39, 0.29) is 0 Å². The predicted octanol–water partition coefficient (Wildman–Crippen LogP) is 1.96. The van der Waals surface area contributed by atoms with Crippen molar-refractivity contribution in [1.82, 2.24) is 0 Å². The first-order chi connectivity index (χ1) is 7.58. The van der Waals surface area contributed by atoms with Gasteiger partial charge in [0.15, 0.2) is 6.10 Å². The van der Waals surface area contributed by atoms with Crippen LogP contribution in [0.15, 0.2) is 22.7 Å². The van der Waals surface area contributed by atoms with E-state index >= 15 is 0 Å². The zero-order chi connectivity index (χ0) is 12.1. The second-order valence-electron chi connectivity index (χ2n) is 3.17. The van der Waals surface area contributed by atoms with Crippen molar-refractivity contribution in [2.75, 3.05) is 0 Å². The molecule has 0 heterocycles. The van der Waals surface area contributed by atoms with Gasteiger partial charge in [-0.2, -0.15) is 5.26 Å². The third kappa shape index (κ3) is 2.97. The van der Waals surface area contributed by atoms with Gasteiger partial charge in [-0.25, -0.2) is 0 Å². The first kappa shape index (κ1) is 12.5. The number of amides is 1. The number of carbonyl (C=O) groups is 1. The molecule has 1 aromatic carbocycles. The van der Waals surface area contributed by atoms with Crippen molar-refractivity contribution < 1.29 is 9.53 Å². The lowest BCUT2D eigenvalue weighted by Crippen LogP contribution is -2.33. The van der Waals surface area contributed by atoms with Gasteiger partial charge in [0, 0.05) is 4.47 Å². The van der Waals surface area contributed by atoms with Gasteiger partial charge in [-0.1, -0.05) is 22.9 Å². The van der Waals surface area contributed by atoms with Crippen molar-refractivity contribution >= 4 is 21.8 Å². The zero-order valence-electron chi connectivity index (χ0n) is 8.74. The number of hydrogen-bond acceptors (Lipinski definition) is 3. The second-order valence-corrected chi connectivity index (χ2v) is 4.09. The number of nitrogens with zero attached hydrogens (tertiary/aromatic N) is 1. The highest BCUT2D eigenvalue weighted by Crippen LogP contribution is 2.23. The van der Waals surface area contributed by atoms with Crippen molar-refractivity contribution in [2.45, 2.75) is 19.4 Å². The topological polar surface area (TPSA) is 76.1 Å². The maximum Gasteiger partial charge on any atom is 0.258 e. The van der Waals surface area contributed by atoms with E-state index < -0.39 is 12.0 Å². The van der Waals surface area contributed by atoms with E-state index in [0.29, 0.717) is 17.7 Å². The Bertz CT molecular complexity index is 440. The van der Waals surface area contributed by atoms with Crippen molar-refractivity contribution in [3.05, 3.63) is 28.2 Å². The number of nitriles is 1. The van der Waals surface area contributed by atoms with Crippen molar-refractivity contribution in [3.63, 3.8) is 0 Å². The van der Waals surface area contributed by atoms with Crippen LogP contribution in [0.2, 0.25) is 0 Å². The fourth-order valence-electron chi connectivity index (χ4n) is 1.19. The van der Waals surface area contributed by atoms with Crippen molar-refractivity contribution in [2.24, 2.45) is 5.73 Å². The molecule has 16 heavy (non-hydrogen) atoms. The van der Waals surface area contributed by atoms with Crippen LogP contribution in [0.3, 0.4) is 0 Å². The van der Waals surface area contributed by atoms with E-state index in [9.17, 15) is 4.79 Å². The molecule has 2 N–H and O–H groups in total. The van der Waals surface area contributed by atoms with Crippen molar-refractivity contribution in [1.29, 1.82) is 5.26 Å². The molecule has 4 nitrogen and oxygen atoms in total. The summed E-state index contributed by atoms with van der Waals surface area (Å²) < 4.78 is 6.17. The summed E-state index contributed by atoms with van der Waals surface area (Å²) in [7, 11) is 0. The molecule has 0 saturated heterocycles. The van der Waals surface area contributed by atoms with Crippen LogP contribution in [0.4, 0.5) is 0 Å². The standard InChI is InChI=1S/C11H11BrN2O2/c1-2-9(11(14)15)16-10-4-3-8(12)5-7(10)6-13/h3-5,9H,2H2,1H3,(H2,14,15). The van der Waals surface area contributed by atoms with Crippen LogP contribution in [0, 0.1) is 11.3 Å². The Labute approximate surface area is 102 Å². The summed E-state index contributed by atoms with van der Waals surface area (Å²) in [6, 6.07) is 7.00. The Morgan fingerprint density at radius 3 is 2.88 bits per heavy atom. The Morgan fingerprint density at radius 2 is 2.38 bits per heavy atom. The highest BCUT2D eigenvalue weighted by molar-refractivity contribution is 9.10. The average molecular weight is 283 g/mol. The average Bonchev–Trinajstić information content (AvgIpc) is 2.26. The summed E-state index contributed by atoms with van der Waals surface area (Å²) in [5, 5.41) is 8.90. The largest absolute Gasteiger partial charge is 0.479 e. The molecule has 1 rings (SSSR count). The molecule has 0 aliphatic heterocycles. The van der Waals surface area contributed by atoms with E-state index in [4.69, 9.17) is 15.7 Å². The normalized spacial score (nSPS) is 11.6. The third-order valence-corrected chi connectivity index (χ3v) is 2.51. The third-order valence-electron chi connectivity index (χ3n) is 2.02. The van der Waals surface area contributed by atoms with Crippen LogP contribution in [0.1, 0.15) is 18.9 Å². The number of carbonyl (C=O) groups excluding carboxylic acids is 1. The second kappa shape index (κ2) is 5.52. The molecule has 0 aromatic heterocycles. The lowest BCUT2D eigenvalue weighted by molar-refractivity contribution is -0.124. The highest BCUT2D eigenvalue weighted by atomic mass is 79.9. The number of hydrogen-bond donors (Lipinski definition) is 1. The summed E-state index contributed by atoms with van der Waals surface area (Å²) in [6.07, 6.45) is -0.232. The van der Waals surface area contributed by atoms with Crippen LogP contribution in [-0.4, -0.2) is 12.0 Å². The number of nitrogens with two attached hydrogens (primary N) is 1. The van der Waals surface area contributed by atoms with Crippen LogP contribution in [-0.2, 0) is 4.79 Å². The Balaban J connectivity index is 2.97. The van der Waals surface area contributed by atoms with Gasteiger partial charge in [-0.15, -0.1) is 0 Å². The summed E-state index contributed by atoms with van der Waals surface area (Å²) in [5.41, 5.74) is 5.53. The van der Waals surface area contributed by atoms with E-state index in [2.05, 4.69) is 15.9 Å². The van der Waals surface area contributed by atoms with Crippen LogP contribution in [0.25, 0.3) is 0 Å². The number of halogens is 1. The molecule has 0 spiro atoms. The molecule has 0 saturated carbocycles. The number of primary amides is 1. The molecule has 1 unspecified atom stereocenters. The van der Waals surface area contributed by atoms with Crippen LogP contribution < -0.4 is 10.5 Å². The monoisotopic (exact) mass is 282 g/mol. The SMILES string of the molecule is CCC(Oc1ccc(Br)cc1C#N)C(N)=O.